The monoisotopic (exact) mass is 462 g/mol. The fourth-order valence-corrected chi connectivity index (χ4v) is 4.28. The highest BCUT2D eigenvalue weighted by Crippen LogP contribution is 2.37. The third kappa shape index (κ3) is 4.75. The minimum atomic E-state index is -3.29. The van der Waals surface area contributed by atoms with E-state index in [1.165, 1.54) is 19.2 Å². The average molecular weight is 462 g/mol. The lowest BCUT2D eigenvalue weighted by Gasteiger charge is -2.32. The van der Waals surface area contributed by atoms with Gasteiger partial charge in [-0.1, -0.05) is 25.1 Å². The summed E-state index contributed by atoms with van der Waals surface area (Å²) in [5, 5.41) is 0. The van der Waals surface area contributed by atoms with Gasteiger partial charge in [-0.2, -0.15) is 0 Å². The van der Waals surface area contributed by atoms with Crippen molar-refractivity contribution < 1.29 is 31.6 Å². The number of carbonyl (C=O) groups is 1. The Morgan fingerprint density at radius 2 is 1.69 bits per heavy atom. The molecule has 1 aliphatic heterocycles. The molecule has 1 heterocycles. The maximum atomic E-state index is 14.2. The van der Waals surface area contributed by atoms with Gasteiger partial charge in [-0.15, -0.1) is 0 Å². The molecule has 1 saturated heterocycles. The molecule has 0 radical (unpaired) electrons. The van der Waals surface area contributed by atoms with Gasteiger partial charge < -0.3 is 14.0 Å². The van der Waals surface area contributed by atoms with Gasteiger partial charge in [0.05, 0.1) is 24.1 Å². The van der Waals surface area contributed by atoms with Gasteiger partial charge >= 0.3 is 7.12 Å². The molecule has 6 nitrogen and oxygen atoms in total. The summed E-state index contributed by atoms with van der Waals surface area (Å²) in [4.78, 5) is 13.3. The second-order valence-electron chi connectivity index (χ2n) is 8.86. The van der Waals surface area contributed by atoms with Crippen molar-refractivity contribution in [1.82, 2.24) is 0 Å². The Balaban J connectivity index is 2.09. The van der Waals surface area contributed by atoms with E-state index in [1.807, 2.05) is 27.7 Å². The minimum absolute atomic E-state index is 0.00459. The van der Waals surface area contributed by atoms with E-state index in [0.29, 0.717) is 11.0 Å². The van der Waals surface area contributed by atoms with Crippen LogP contribution in [0.1, 0.15) is 56.1 Å². The lowest BCUT2D eigenvalue weighted by Crippen LogP contribution is -2.41. The average Bonchev–Trinajstić information content (AvgIpc) is 2.94. The Labute approximate surface area is 189 Å². The van der Waals surface area contributed by atoms with Gasteiger partial charge in [0.15, 0.2) is 27.2 Å². The van der Waals surface area contributed by atoms with Crippen LogP contribution in [0, 0.1) is 5.82 Å². The van der Waals surface area contributed by atoms with Crippen molar-refractivity contribution >= 4 is 28.2 Å². The van der Waals surface area contributed by atoms with E-state index in [1.54, 1.807) is 25.1 Å². The van der Waals surface area contributed by atoms with Gasteiger partial charge in [-0.3, -0.25) is 4.79 Å². The first-order valence-corrected chi connectivity index (χ1v) is 12.2. The molecule has 0 amide bonds. The van der Waals surface area contributed by atoms with E-state index in [0.717, 1.165) is 6.07 Å². The van der Waals surface area contributed by atoms with E-state index in [9.17, 15) is 17.6 Å². The van der Waals surface area contributed by atoms with Gasteiger partial charge in [-0.25, -0.2) is 12.8 Å². The summed E-state index contributed by atoms with van der Waals surface area (Å²) in [5.74, 6) is -1.21. The second kappa shape index (κ2) is 8.61. The fraction of sp³-hybridized carbons (Fsp3) is 0.435. The molecule has 0 spiro atoms. The molecule has 3 rings (SSSR count). The van der Waals surface area contributed by atoms with E-state index >= 15 is 0 Å². The smallest absolute Gasteiger partial charge is 0.494 e. The molecule has 0 atom stereocenters. The van der Waals surface area contributed by atoms with Crippen molar-refractivity contribution in [3.05, 3.63) is 58.9 Å². The SMILES string of the molecule is CCS(=O)(=O)Cc1ccc(C(=O)c2ccc(OC)c(F)c2)c(B2OC(C)(C)C(C)(C)O2)c1. The lowest BCUT2D eigenvalue weighted by molar-refractivity contribution is 0.00578. The highest BCUT2D eigenvalue weighted by molar-refractivity contribution is 7.90. The fourth-order valence-electron chi connectivity index (χ4n) is 3.39. The first-order chi connectivity index (χ1) is 14.8. The normalized spacial score (nSPS) is 17.4. The Morgan fingerprint density at radius 1 is 1.06 bits per heavy atom. The predicted octanol–water partition coefficient (Wildman–Crippen LogP) is 3.30. The molecule has 0 bridgehead atoms. The van der Waals surface area contributed by atoms with Crippen LogP contribution >= 0.6 is 0 Å². The largest absolute Gasteiger partial charge is 0.495 e. The summed E-state index contributed by atoms with van der Waals surface area (Å²) < 4.78 is 55.7. The molecule has 0 saturated carbocycles. The van der Waals surface area contributed by atoms with Crippen LogP contribution in [0.2, 0.25) is 0 Å². The number of hydrogen-bond acceptors (Lipinski definition) is 6. The van der Waals surface area contributed by atoms with Crippen LogP contribution in [-0.2, 0) is 24.9 Å². The Kier molecular flexibility index (Phi) is 6.57. The molecule has 0 N–H and O–H groups in total. The molecular formula is C23H28BFO6S. The van der Waals surface area contributed by atoms with Crippen LogP contribution in [0.3, 0.4) is 0 Å². The summed E-state index contributed by atoms with van der Waals surface area (Å²) in [6, 6.07) is 8.75. The molecule has 0 aromatic heterocycles. The molecule has 0 unspecified atom stereocenters. The molecule has 1 aliphatic rings. The summed E-state index contributed by atoms with van der Waals surface area (Å²) in [5.41, 5.74) is 0.00853. The third-order valence-corrected chi connectivity index (χ3v) is 7.76. The Hall–Kier alpha value is -2.23. The summed E-state index contributed by atoms with van der Waals surface area (Å²) >= 11 is 0. The number of methoxy groups -OCH3 is 1. The molecule has 1 fully saturated rings. The molecular weight excluding hydrogens is 434 g/mol. The Morgan fingerprint density at radius 3 is 2.22 bits per heavy atom. The van der Waals surface area contributed by atoms with Gasteiger partial charge in [-0.05, 0) is 56.9 Å². The van der Waals surface area contributed by atoms with Crippen molar-refractivity contribution in [1.29, 1.82) is 0 Å². The second-order valence-corrected chi connectivity index (χ2v) is 11.2. The number of halogens is 1. The van der Waals surface area contributed by atoms with Crippen LogP contribution in [-0.4, -0.2) is 45.4 Å². The lowest BCUT2D eigenvalue weighted by atomic mass is 9.73. The van der Waals surface area contributed by atoms with Crippen LogP contribution in [0.25, 0.3) is 0 Å². The van der Waals surface area contributed by atoms with Crippen molar-refractivity contribution in [3.8, 4) is 5.75 Å². The number of carbonyl (C=O) groups excluding carboxylic acids is 1. The van der Waals surface area contributed by atoms with Gasteiger partial charge in [0, 0.05) is 16.9 Å². The van der Waals surface area contributed by atoms with Gasteiger partial charge in [0.1, 0.15) is 0 Å². The number of ether oxygens (including phenoxy) is 1. The van der Waals surface area contributed by atoms with Crippen LogP contribution < -0.4 is 10.2 Å². The predicted molar refractivity (Wildman–Crippen MR) is 122 cm³/mol. The number of benzene rings is 2. The minimum Gasteiger partial charge on any atom is -0.494 e. The summed E-state index contributed by atoms with van der Waals surface area (Å²) in [7, 11) is -2.82. The molecule has 32 heavy (non-hydrogen) atoms. The standard InChI is InChI=1S/C23H28BFO6S/c1-7-32(27,28)14-15-8-10-17(21(26)16-9-11-20(29-6)19(25)13-16)18(12-15)24-30-22(2,3)23(4,5)31-24/h8-13H,7,14H2,1-6H3. The highest BCUT2D eigenvalue weighted by Gasteiger charge is 2.52. The molecule has 0 aliphatic carbocycles. The number of hydrogen-bond donors (Lipinski definition) is 0. The van der Waals surface area contributed by atoms with Crippen LogP contribution in [0.15, 0.2) is 36.4 Å². The zero-order valence-corrected chi connectivity index (χ0v) is 20.0. The quantitative estimate of drug-likeness (QED) is 0.464. The van der Waals surface area contributed by atoms with Gasteiger partial charge in [0.2, 0.25) is 0 Å². The molecule has 2 aromatic rings. The number of rotatable bonds is 7. The topological polar surface area (TPSA) is 78.9 Å². The first-order valence-electron chi connectivity index (χ1n) is 10.4. The molecule has 172 valence electrons. The highest BCUT2D eigenvalue weighted by atomic mass is 32.2. The van der Waals surface area contributed by atoms with Gasteiger partial charge in [0.25, 0.3) is 0 Å². The maximum absolute atomic E-state index is 14.2. The zero-order chi connectivity index (χ0) is 23.9. The maximum Gasteiger partial charge on any atom is 0.495 e. The van der Waals surface area contributed by atoms with E-state index in [2.05, 4.69) is 0 Å². The first kappa shape index (κ1) is 24.4. The Bertz CT molecular complexity index is 1130. The number of ketones is 1. The zero-order valence-electron chi connectivity index (χ0n) is 19.2. The van der Waals surface area contributed by atoms with Crippen LogP contribution in [0.5, 0.6) is 5.75 Å². The summed E-state index contributed by atoms with van der Waals surface area (Å²) in [6.07, 6.45) is 0. The van der Waals surface area contributed by atoms with Crippen LogP contribution in [0.4, 0.5) is 4.39 Å². The molecule has 9 heteroatoms. The van der Waals surface area contributed by atoms with Crippen molar-refractivity contribution in [2.24, 2.45) is 0 Å². The third-order valence-electron chi connectivity index (χ3n) is 6.11. The number of sulfone groups is 1. The molecule has 2 aromatic carbocycles. The summed E-state index contributed by atoms with van der Waals surface area (Å²) in [6.45, 7) is 9.13. The van der Waals surface area contributed by atoms with Crippen molar-refractivity contribution in [3.63, 3.8) is 0 Å². The van der Waals surface area contributed by atoms with Crippen molar-refractivity contribution in [2.75, 3.05) is 12.9 Å². The van der Waals surface area contributed by atoms with E-state index in [-0.39, 0.29) is 28.4 Å². The van der Waals surface area contributed by atoms with E-state index < -0.39 is 39.8 Å². The van der Waals surface area contributed by atoms with E-state index in [4.69, 9.17) is 14.0 Å². The van der Waals surface area contributed by atoms with Crippen molar-refractivity contribution in [2.45, 2.75) is 51.6 Å².